The lowest BCUT2D eigenvalue weighted by Gasteiger charge is -2.14. The molecule has 98 valence electrons. The first-order valence-electron chi connectivity index (χ1n) is 5.91. The first kappa shape index (κ1) is 12.8. The summed E-state index contributed by atoms with van der Waals surface area (Å²) in [6.45, 7) is 0.191. The highest BCUT2D eigenvalue weighted by Gasteiger charge is 2.35. The molecule has 18 heavy (non-hydrogen) atoms. The van der Waals surface area contributed by atoms with Crippen LogP contribution in [0.4, 0.5) is 4.39 Å². The van der Waals surface area contributed by atoms with Crippen LogP contribution in [0.25, 0.3) is 0 Å². The number of carboxylic acids is 1. The van der Waals surface area contributed by atoms with Crippen LogP contribution in [0, 0.1) is 11.7 Å². The number of carboxylic acid groups (broad SMARTS) is 1. The molecule has 2 rings (SSSR count). The lowest BCUT2D eigenvalue weighted by atomic mass is 10.1. The molecular weight excluding hydrogens is 237 g/mol. The van der Waals surface area contributed by atoms with Crippen molar-refractivity contribution in [2.75, 3.05) is 7.11 Å². The fourth-order valence-corrected chi connectivity index (χ4v) is 1.96. The molecule has 0 saturated heterocycles. The number of ether oxygens (including phenoxy) is 1. The Balaban J connectivity index is 2.03. The minimum absolute atomic E-state index is 0.174. The molecule has 1 unspecified atom stereocenters. The number of halogens is 1. The van der Waals surface area contributed by atoms with Gasteiger partial charge in [-0.1, -0.05) is 12.1 Å². The van der Waals surface area contributed by atoms with Gasteiger partial charge in [0.25, 0.3) is 0 Å². The van der Waals surface area contributed by atoms with Gasteiger partial charge in [0.05, 0.1) is 7.11 Å². The third-order valence-electron chi connectivity index (χ3n) is 3.14. The van der Waals surface area contributed by atoms with Gasteiger partial charge in [-0.05, 0) is 24.8 Å². The second-order valence-corrected chi connectivity index (χ2v) is 4.47. The number of hydrogen-bond donors (Lipinski definition) is 2. The Bertz CT molecular complexity index is 446. The van der Waals surface area contributed by atoms with E-state index in [4.69, 9.17) is 9.84 Å². The molecular formula is C13H16FNO3. The fraction of sp³-hybridized carbons (Fsp3) is 0.462. The van der Waals surface area contributed by atoms with E-state index < -0.39 is 17.8 Å². The van der Waals surface area contributed by atoms with E-state index in [-0.39, 0.29) is 18.2 Å². The molecule has 0 amide bonds. The van der Waals surface area contributed by atoms with Crippen LogP contribution in [-0.2, 0) is 11.3 Å². The summed E-state index contributed by atoms with van der Waals surface area (Å²) in [5.74, 6) is -0.961. The van der Waals surface area contributed by atoms with Crippen molar-refractivity contribution in [1.29, 1.82) is 0 Å². The van der Waals surface area contributed by atoms with Gasteiger partial charge < -0.3 is 9.84 Å². The van der Waals surface area contributed by atoms with Gasteiger partial charge >= 0.3 is 5.97 Å². The molecule has 1 aromatic carbocycles. The van der Waals surface area contributed by atoms with E-state index in [2.05, 4.69) is 5.32 Å². The summed E-state index contributed by atoms with van der Waals surface area (Å²) < 4.78 is 18.7. The zero-order valence-corrected chi connectivity index (χ0v) is 10.1. The van der Waals surface area contributed by atoms with Crippen LogP contribution in [0.15, 0.2) is 18.2 Å². The summed E-state index contributed by atoms with van der Waals surface area (Å²) in [5, 5.41) is 11.9. The number of hydrogen-bond acceptors (Lipinski definition) is 3. The molecule has 4 nitrogen and oxygen atoms in total. The maximum absolute atomic E-state index is 13.8. The monoisotopic (exact) mass is 253 g/mol. The summed E-state index contributed by atoms with van der Waals surface area (Å²) in [7, 11) is 1.40. The lowest BCUT2D eigenvalue weighted by Crippen LogP contribution is -2.38. The standard InChI is InChI=1S/C13H16FNO3/c1-18-10-4-2-3-9(11(10)14)7-15-12(13(16)17)8-5-6-8/h2-4,8,12,15H,5-7H2,1H3,(H,16,17). The van der Waals surface area contributed by atoms with E-state index in [1.807, 2.05) is 0 Å². The van der Waals surface area contributed by atoms with Crippen molar-refractivity contribution in [2.24, 2.45) is 5.92 Å². The molecule has 0 heterocycles. The Kier molecular flexibility index (Phi) is 3.81. The third kappa shape index (κ3) is 2.79. The summed E-state index contributed by atoms with van der Waals surface area (Å²) >= 11 is 0. The van der Waals surface area contributed by atoms with Crippen LogP contribution in [0.3, 0.4) is 0 Å². The maximum atomic E-state index is 13.8. The van der Waals surface area contributed by atoms with E-state index >= 15 is 0 Å². The van der Waals surface area contributed by atoms with Gasteiger partial charge in [0, 0.05) is 12.1 Å². The van der Waals surface area contributed by atoms with Crippen LogP contribution in [0.5, 0.6) is 5.75 Å². The topological polar surface area (TPSA) is 58.6 Å². The van der Waals surface area contributed by atoms with E-state index in [0.717, 1.165) is 12.8 Å². The van der Waals surface area contributed by atoms with Crippen LogP contribution < -0.4 is 10.1 Å². The van der Waals surface area contributed by atoms with Crippen molar-refractivity contribution in [3.8, 4) is 5.75 Å². The highest BCUT2D eigenvalue weighted by atomic mass is 19.1. The zero-order chi connectivity index (χ0) is 13.1. The molecule has 5 heteroatoms. The molecule has 1 aromatic rings. The predicted molar refractivity (Wildman–Crippen MR) is 63.9 cm³/mol. The van der Waals surface area contributed by atoms with Gasteiger partial charge in [0.2, 0.25) is 0 Å². The molecule has 1 fully saturated rings. The first-order chi connectivity index (χ1) is 8.63. The van der Waals surface area contributed by atoms with E-state index in [9.17, 15) is 9.18 Å². The van der Waals surface area contributed by atoms with E-state index in [1.54, 1.807) is 12.1 Å². The average molecular weight is 253 g/mol. The Morgan fingerprint density at radius 3 is 2.89 bits per heavy atom. The van der Waals surface area contributed by atoms with Crippen molar-refractivity contribution in [3.63, 3.8) is 0 Å². The Morgan fingerprint density at radius 1 is 1.61 bits per heavy atom. The van der Waals surface area contributed by atoms with Crippen molar-refractivity contribution >= 4 is 5.97 Å². The number of benzene rings is 1. The summed E-state index contributed by atoms with van der Waals surface area (Å²) in [6.07, 6.45) is 1.84. The predicted octanol–water partition coefficient (Wildman–Crippen LogP) is 1.79. The molecule has 0 spiro atoms. The van der Waals surface area contributed by atoms with Gasteiger partial charge in [0.15, 0.2) is 11.6 Å². The lowest BCUT2D eigenvalue weighted by molar-refractivity contribution is -0.140. The molecule has 0 radical (unpaired) electrons. The van der Waals surface area contributed by atoms with Crippen LogP contribution in [0.1, 0.15) is 18.4 Å². The minimum atomic E-state index is -0.874. The van der Waals surface area contributed by atoms with Gasteiger partial charge in [-0.15, -0.1) is 0 Å². The van der Waals surface area contributed by atoms with E-state index in [1.165, 1.54) is 13.2 Å². The highest BCUT2D eigenvalue weighted by Crippen LogP contribution is 2.33. The number of methoxy groups -OCH3 is 1. The smallest absolute Gasteiger partial charge is 0.320 e. The van der Waals surface area contributed by atoms with Crippen molar-refractivity contribution in [2.45, 2.75) is 25.4 Å². The molecule has 1 atom stereocenters. The average Bonchev–Trinajstić information content (AvgIpc) is 3.15. The van der Waals surface area contributed by atoms with Crippen LogP contribution in [-0.4, -0.2) is 24.2 Å². The third-order valence-corrected chi connectivity index (χ3v) is 3.14. The number of aliphatic carboxylic acids is 1. The molecule has 0 bridgehead atoms. The number of rotatable bonds is 6. The van der Waals surface area contributed by atoms with Gasteiger partial charge in [-0.2, -0.15) is 0 Å². The number of nitrogens with one attached hydrogen (secondary N) is 1. The van der Waals surface area contributed by atoms with Crippen LogP contribution >= 0.6 is 0 Å². The van der Waals surface area contributed by atoms with Gasteiger partial charge in [-0.3, -0.25) is 10.1 Å². The Hall–Kier alpha value is -1.62. The minimum Gasteiger partial charge on any atom is -0.494 e. The second-order valence-electron chi connectivity index (χ2n) is 4.47. The van der Waals surface area contributed by atoms with Crippen molar-refractivity contribution in [1.82, 2.24) is 5.32 Å². The Morgan fingerprint density at radius 2 is 2.33 bits per heavy atom. The van der Waals surface area contributed by atoms with Crippen LogP contribution in [0.2, 0.25) is 0 Å². The molecule has 0 aromatic heterocycles. The number of carbonyl (C=O) groups is 1. The molecule has 2 N–H and O–H groups in total. The highest BCUT2D eigenvalue weighted by molar-refractivity contribution is 5.74. The quantitative estimate of drug-likeness (QED) is 0.811. The largest absolute Gasteiger partial charge is 0.494 e. The fourth-order valence-electron chi connectivity index (χ4n) is 1.96. The van der Waals surface area contributed by atoms with Crippen molar-refractivity contribution < 1.29 is 19.0 Å². The molecule has 1 aliphatic carbocycles. The first-order valence-corrected chi connectivity index (χ1v) is 5.91. The summed E-state index contributed by atoms with van der Waals surface area (Å²) in [6, 6.07) is 4.26. The maximum Gasteiger partial charge on any atom is 0.320 e. The van der Waals surface area contributed by atoms with E-state index in [0.29, 0.717) is 5.56 Å². The molecule has 1 aliphatic rings. The summed E-state index contributed by atoms with van der Waals surface area (Å²) in [4.78, 5) is 11.0. The molecule has 1 saturated carbocycles. The second kappa shape index (κ2) is 5.35. The van der Waals surface area contributed by atoms with Crippen molar-refractivity contribution in [3.05, 3.63) is 29.6 Å². The Labute approximate surface area is 105 Å². The normalized spacial score (nSPS) is 16.3. The zero-order valence-electron chi connectivity index (χ0n) is 10.1. The SMILES string of the molecule is COc1cccc(CNC(C(=O)O)C2CC2)c1F. The van der Waals surface area contributed by atoms with Gasteiger partial charge in [0.1, 0.15) is 6.04 Å². The summed E-state index contributed by atoms with van der Waals surface area (Å²) in [5.41, 5.74) is 0.418. The molecule has 0 aliphatic heterocycles. The van der Waals surface area contributed by atoms with Gasteiger partial charge in [-0.25, -0.2) is 4.39 Å².